The molecule has 0 radical (unpaired) electrons. The number of anilines is 1. The van der Waals surface area contributed by atoms with Crippen molar-refractivity contribution in [3.63, 3.8) is 0 Å². The van der Waals surface area contributed by atoms with Gasteiger partial charge in [-0.3, -0.25) is 0 Å². The molecule has 0 saturated carbocycles. The molecule has 0 aliphatic carbocycles. The van der Waals surface area contributed by atoms with Crippen LogP contribution in [0.15, 0.2) is 12.1 Å². The van der Waals surface area contributed by atoms with E-state index < -0.39 is 0 Å². The Morgan fingerprint density at radius 1 is 1.50 bits per heavy atom. The third kappa shape index (κ3) is 2.92. The van der Waals surface area contributed by atoms with Crippen molar-refractivity contribution in [2.24, 2.45) is 5.73 Å². The molecule has 0 spiro atoms. The molecule has 16 heavy (non-hydrogen) atoms. The van der Waals surface area contributed by atoms with Crippen LogP contribution in [0.1, 0.15) is 30.5 Å². The van der Waals surface area contributed by atoms with E-state index in [-0.39, 0.29) is 0 Å². The van der Waals surface area contributed by atoms with Gasteiger partial charge in [-0.1, -0.05) is 18.3 Å². The maximum absolute atomic E-state index is 5.47. The van der Waals surface area contributed by atoms with Gasteiger partial charge in [-0.25, -0.2) is 4.98 Å². The van der Waals surface area contributed by atoms with Gasteiger partial charge in [0.2, 0.25) is 0 Å². The van der Waals surface area contributed by atoms with Crippen LogP contribution >= 0.6 is 12.2 Å². The third-order valence-corrected chi connectivity index (χ3v) is 3.01. The van der Waals surface area contributed by atoms with E-state index in [1.54, 1.807) is 0 Å². The predicted molar refractivity (Wildman–Crippen MR) is 70.8 cm³/mol. The highest BCUT2D eigenvalue weighted by atomic mass is 32.1. The summed E-state index contributed by atoms with van der Waals surface area (Å²) in [6.45, 7) is 1.04. The summed E-state index contributed by atoms with van der Waals surface area (Å²) in [5, 5.41) is 3.34. The Labute approximate surface area is 101 Å². The van der Waals surface area contributed by atoms with Crippen molar-refractivity contribution in [3.05, 3.63) is 23.4 Å². The number of fused-ring (bicyclic) bond motifs is 1. The number of nitrogens with one attached hydrogen (secondary N) is 1. The van der Waals surface area contributed by atoms with Gasteiger partial charge in [-0.2, -0.15) is 0 Å². The minimum Gasteiger partial charge on any atom is -0.393 e. The molecule has 1 aromatic heterocycles. The standard InChI is InChI=1S/C12H17N3S/c13-11(16)5-1-4-10-7-6-9-3-2-8-14-12(9)15-10/h6-7H,1-5,8H2,(H2,13,16)(H,14,15). The first-order chi connectivity index (χ1) is 7.75. The SMILES string of the molecule is NC(=S)CCCc1ccc2c(n1)NCCC2. The molecule has 0 aromatic carbocycles. The second kappa shape index (κ2) is 5.25. The van der Waals surface area contributed by atoms with Crippen LogP contribution in [0.2, 0.25) is 0 Å². The van der Waals surface area contributed by atoms with Crippen LogP contribution in [0.25, 0.3) is 0 Å². The molecule has 0 bridgehead atoms. The average molecular weight is 235 g/mol. The highest BCUT2D eigenvalue weighted by Gasteiger charge is 2.09. The highest BCUT2D eigenvalue weighted by Crippen LogP contribution is 2.20. The van der Waals surface area contributed by atoms with Gasteiger partial charge in [0.05, 0.1) is 4.99 Å². The molecule has 0 fully saturated rings. The first kappa shape index (κ1) is 11.3. The maximum atomic E-state index is 5.47. The van der Waals surface area contributed by atoms with Gasteiger partial charge in [0.25, 0.3) is 0 Å². The van der Waals surface area contributed by atoms with Crippen LogP contribution in [-0.4, -0.2) is 16.5 Å². The van der Waals surface area contributed by atoms with Crippen molar-refractivity contribution < 1.29 is 0 Å². The number of aromatic nitrogens is 1. The second-order valence-corrected chi connectivity index (χ2v) is 4.68. The molecule has 0 saturated heterocycles. The van der Waals surface area contributed by atoms with Crippen LogP contribution in [0.5, 0.6) is 0 Å². The molecule has 86 valence electrons. The second-order valence-electron chi connectivity index (χ2n) is 4.16. The zero-order valence-electron chi connectivity index (χ0n) is 9.33. The number of nitrogens with zero attached hydrogens (tertiary/aromatic N) is 1. The van der Waals surface area contributed by atoms with E-state index in [0.717, 1.165) is 43.7 Å². The van der Waals surface area contributed by atoms with Crippen molar-refractivity contribution >= 4 is 23.0 Å². The van der Waals surface area contributed by atoms with Gasteiger partial charge >= 0.3 is 0 Å². The van der Waals surface area contributed by atoms with E-state index in [1.165, 1.54) is 12.0 Å². The fourth-order valence-corrected chi connectivity index (χ4v) is 2.10. The third-order valence-electron chi connectivity index (χ3n) is 2.81. The minimum atomic E-state index is 0.594. The molecule has 1 aliphatic rings. The Balaban J connectivity index is 1.97. The highest BCUT2D eigenvalue weighted by molar-refractivity contribution is 7.80. The Morgan fingerprint density at radius 3 is 3.19 bits per heavy atom. The van der Waals surface area contributed by atoms with E-state index >= 15 is 0 Å². The summed E-state index contributed by atoms with van der Waals surface area (Å²) in [6.07, 6.45) is 5.09. The lowest BCUT2D eigenvalue weighted by molar-refractivity contribution is 0.795. The van der Waals surface area contributed by atoms with Gasteiger partial charge in [-0.15, -0.1) is 0 Å². The smallest absolute Gasteiger partial charge is 0.129 e. The van der Waals surface area contributed by atoms with Crippen molar-refractivity contribution in [3.8, 4) is 0 Å². The molecular formula is C12H17N3S. The predicted octanol–water partition coefficient (Wildman–Crippen LogP) is 2.05. The monoisotopic (exact) mass is 235 g/mol. The van der Waals surface area contributed by atoms with Crippen molar-refractivity contribution in [1.82, 2.24) is 4.98 Å². The van der Waals surface area contributed by atoms with Crippen LogP contribution in [0.3, 0.4) is 0 Å². The summed E-state index contributed by atoms with van der Waals surface area (Å²) < 4.78 is 0. The Hall–Kier alpha value is -1.16. The fraction of sp³-hybridized carbons (Fsp3) is 0.500. The number of rotatable bonds is 4. The lowest BCUT2D eigenvalue weighted by atomic mass is 10.1. The number of hydrogen-bond donors (Lipinski definition) is 2. The number of pyridine rings is 1. The largest absolute Gasteiger partial charge is 0.393 e. The van der Waals surface area contributed by atoms with E-state index in [2.05, 4.69) is 22.4 Å². The molecular weight excluding hydrogens is 218 g/mol. The normalized spacial score (nSPS) is 14.0. The fourth-order valence-electron chi connectivity index (χ4n) is 1.95. The van der Waals surface area contributed by atoms with Crippen molar-refractivity contribution in [2.75, 3.05) is 11.9 Å². The van der Waals surface area contributed by atoms with Crippen molar-refractivity contribution in [1.29, 1.82) is 0 Å². The molecule has 2 heterocycles. The summed E-state index contributed by atoms with van der Waals surface area (Å²) >= 11 is 4.85. The zero-order valence-corrected chi connectivity index (χ0v) is 10.1. The Kier molecular flexibility index (Phi) is 3.72. The van der Waals surface area contributed by atoms with E-state index in [4.69, 9.17) is 18.0 Å². The molecule has 0 unspecified atom stereocenters. The Morgan fingerprint density at radius 2 is 2.38 bits per heavy atom. The summed E-state index contributed by atoms with van der Waals surface area (Å²) in [5.41, 5.74) is 7.93. The summed E-state index contributed by atoms with van der Waals surface area (Å²) in [7, 11) is 0. The van der Waals surface area contributed by atoms with Crippen LogP contribution in [0.4, 0.5) is 5.82 Å². The van der Waals surface area contributed by atoms with Gasteiger partial charge in [0, 0.05) is 12.2 Å². The molecule has 4 heteroatoms. The summed E-state index contributed by atoms with van der Waals surface area (Å²) in [6, 6.07) is 4.30. The number of aryl methyl sites for hydroxylation is 2. The molecule has 3 N–H and O–H groups in total. The number of thiocarbonyl (C=S) groups is 1. The van der Waals surface area contributed by atoms with E-state index in [9.17, 15) is 0 Å². The number of hydrogen-bond acceptors (Lipinski definition) is 3. The lowest BCUT2D eigenvalue weighted by Gasteiger charge is -2.17. The topological polar surface area (TPSA) is 50.9 Å². The minimum absolute atomic E-state index is 0.594. The maximum Gasteiger partial charge on any atom is 0.129 e. The van der Waals surface area contributed by atoms with Crippen molar-refractivity contribution in [2.45, 2.75) is 32.1 Å². The van der Waals surface area contributed by atoms with Crippen LogP contribution < -0.4 is 11.1 Å². The summed E-state index contributed by atoms with van der Waals surface area (Å²) in [5.74, 6) is 1.07. The molecule has 0 atom stereocenters. The van der Waals surface area contributed by atoms with Gasteiger partial charge < -0.3 is 11.1 Å². The van der Waals surface area contributed by atoms with Gasteiger partial charge in [0.15, 0.2) is 0 Å². The average Bonchev–Trinajstić information content (AvgIpc) is 2.28. The molecule has 2 rings (SSSR count). The van der Waals surface area contributed by atoms with Crippen LogP contribution in [0, 0.1) is 0 Å². The lowest BCUT2D eigenvalue weighted by Crippen LogP contribution is -2.14. The van der Waals surface area contributed by atoms with Crippen LogP contribution in [-0.2, 0) is 12.8 Å². The molecule has 0 amide bonds. The first-order valence-electron chi connectivity index (χ1n) is 5.76. The molecule has 1 aliphatic heterocycles. The van der Waals surface area contributed by atoms with E-state index in [0.29, 0.717) is 4.99 Å². The van der Waals surface area contributed by atoms with Gasteiger partial charge in [-0.05, 0) is 43.7 Å². The first-order valence-corrected chi connectivity index (χ1v) is 6.17. The summed E-state index contributed by atoms with van der Waals surface area (Å²) in [4.78, 5) is 5.21. The number of nitrogens with two attached hydrogens (primary N) is 1. The quantitative estimate of drug-likeness (QED) is 0.784. The Bertz CT molecular complexity index is 390. The van der Waals surface area contributed by atoms with E-state index in [1.807, 2.05) is 0 Å². The van der Waals surface area contributed by atoms with Gasteiger partial charge in [0.1, 0.15) is 5.82 Å². The zero-order chi connectivity index (χ0) is 11.4. The molecule has 3 nitrogen and oxygen atoms in total. The molecule has 1 aromatic rings.